The Balaban J connectivity index is 1.96. The average molecular weight is 335 g/mol. The first-order valence-corrected chi connectivity index (χ1v) is 9.24. The van der Waals surface area contributed by atoms with E-state index in [1.54, 1.807) is 0 Å². The van der Waals surface area contributed by atoms with Crippen LogP contribution in [0.25, 0.3) is 0 Å². The van der Waals surface area contributed by atoms with Crippen LogP contribution in [0.5, 0.6) is 5.75 Å². The first-order chi connectivity index (χ1) is 11.7. The van der Waals surface area contributed by atoms with Crippen LogP contribution in [0.2, 0.25) is 0 Å². The van der Waals surface area contributed by atoms with E-state index in [0.29, 0.717) is 0 Å². The van der Waals surface area contributed by atoms with Gasteiger partial charge < -0.3 is 4.74 Å². The maximum Gasteiger partial charge on any atom is 0.142 e. The molecule has 0 heterocycles. The highest BCUT2D eigenvalue weighted by Crippen LogP contribution is 2.46. The molecule has 0 amide bonds. The highest BCUT2D eigenvalue weighted by Gasteiger charge is 2.37. The van der Waals surface area contributed by atoms with Gasteiger partial charge in [0.05, 0.1) is 0 Å². The van der Waals surface area contributed by atoms with E-state index in [4.69, 9.17) is 4.74 Å². The zero-order chi connectivity index (χ0) is 18.2. The molecule has 0 radical (unpaired) electrons. The molecule has 0 bridgehead atoms. The number of benzene rings is 2. The van der Waals surface area contributed by atoms with Crippen molar-refractivity contribution in [2.45, 2.75) is 64.4 Å². The van der Waals surface area contributed by atoms with Crippen molar-refractivity contribution in [3.63, 3.8) is 0 Å². The molecule has 1 atom stereocenters. The molecule has 3 rings (SSSR count). The molecule has 2 aromatic rings. The van der Waals surface area contributed by atoms with Crippen molar-refractivity contribution in [2.75, 3.05) is 0 Å². The SMILES string of the molecule is C=CC(Oc1ccc(C)cc1)c1ccc2c(c1)C(C)(C)CCC2(C)C. The molecule has 1 nitrogen and oxygen atoms in total. The zero-order valence-electron chi connectivity index (χ0n) is 16.2. The van der Waals surface area contributed by atoms with E-state index < -0.39 is 0 Å². The molecule has 0 N–H and O–H groups in total. The minimum atomic E-state index is -0.131. The summed E-state index contributed by atoms with van der Waals surface area (Å²) in [5, 5.41) is 0. The lowest BCUT2D eigenvalue weighted by molar-refractivity contribution is 0.254. The lowest BCUT2D eigenvalue weighted by Gasteiger charge is -2.42. The van der Waals surface area contributed by atoms with Gasteiger partial charge in [-0.2, -0.15) is 0 Å². The summed E-state index contributed by atoms with van der Waals surface area (Å²) >= 11 is 0. The van der Waals surface area contributed by atoms with Gasteiger partial charge >= 0.3 is 0 Å². The fraction of sp³-hybridized carbons (Fsp3) is 0.417. The smallest absolute Gasteiger partial charge is 0.142 e. The largest absolute Gasteiger partial charge is 0.482 e. The van der Waals surface area contributed by atoms with Gasteiger partial charge in [-0.1, -0.05) is 70.2 Å². The minimum Gasteiger partial charge on any atom is -0.482 e. The number of fused-ring (bicyclic) bond motifs is 1. The summed E-state index contributed by atoms with van der Waals surface area (Å²) in [6, 6.07) is 15.1. The van der Waals surface area contributed by atoms with Crippen molar-refractivity contribution in [2.24, 2.45) is 0 Å². The van der Waals surface area contributed by atoms with Gasteiger partial charge in [-0.25, -0.2) is 0 Å². The van der Waals surface area contributed by atoms with Crippen LogP contribution in [0.4, 0.5) is 0 Å². The van der Waals surface area contributed by atoms with Gasteiger partial charge in [0.1, 0.15) is 11.9 Å². The quantitative estimate of drug-likeness (QED) is 0.569. The van der Waals surface area contributed by atoms with Crippen molar-refractivity contribution in [3.05, 3.63) is 77.4 Å². The Labute approximate surface area is 152 Å². The number of rotatable bonds is 4. The van der Waals surface area contributed by atoms with Gasteiger partial charge in [-0.15, -0.1) is 0 Å². The fourth-order valence-corrected chi connectivity index (χ4v) is 3.80. The molecular weight excluding hydrogens is 304 g/mol. The predicted octanol–water partition coefficient (Wildman–Crippen LogP) is 6.65. The van der Waals surface area contributed by atoms with Crippen LogP contribution in [0.1, 0.15) is 68.9 Å². The molecule has 1 aliphatic rings. The maximum absolute atomic E-state index is 6.20. The van der Waals surface area contributed by atoms with Gasteiger partial charge in [0.2, 0.25) is 0 Å². The fourth-order valence-electron chi connectivity index (χ4n) is 3.80. The standard InChI is InChI=1S/C24H30O/c1-7-22(25-19-11-8-17(2)9-12-19)18-10-13-20-21(16-18)24(5,6)15-14-23(20,3)4/h7-13,16,22H,1,14-15H2,2-6H3. The topological polar surface area (TPSA) is 9.23 Å². The van der Waals surface area contributed by atoms with Gasteiger partial charge in [0, 0.05) is 0 Å². The molecule has 1 heteroatoms. The van der Waals surface area contributed by atoms with E-state index in [2.05, 4.69) is 71.5 Å². The molecule has 1 unspecified atom stereocenters. The summed E-state index contributed by atoms with van der Waals surface area (Å²) in [5.74, 6) is 0.882. The summed E-state index contributed by atoms with van der Waals surface area (Å²) in [4.78, 5) is 0. The van der Waals surface area contributed by atoms with Crippen LogP contribution in [-0.2, 0) is 10.8 Å². The summed E-state index contributed by atoms with van der Waals surface area (Å²) in [6.07, 6.45) is 4.21. The van der Waals surface area contributed by atoms with Crippen molar-refractivity contribution in [1.82, 2.24) is 0 Å². The Morgan fingerprint density at radius 1 is 0.920 bits per heavy atom. The normalized spacial score (nSPS) is 18.9. The number of hydrogen-bond acceptors (Lipinski definition) is 1. The molecule has 0 fully saturated rings. The van der Waals surface area contributed by atoms with Crippen LogP contribution < -0.4 is 4.74 Å². The summed E-state index contributed by atoms with van der Waals surface area (Å²) in [5.41, 5.74) is 5.80. The van der Waals surface area contributed by atoms with Gasteiger partial charge in [0.15, 0.2) is 0 Å². The lowest BCUT2D eigenvalue weighted by Crippen LogP contribution is -2.34. The summed E-state index contributed by atoms with van der Waals surface area (Å²) < 4.78 is 6.20. The van der Waals surface area contributed by atoms with E-state index >= 15 is 0 Å². The van der Waals surface area contributed by atoms with Gasteiger partial charge in [-0.3, -0.25) is 0 Å². The van der Waals surface area contributed by atoms with E-state index in [1.807, 2.05) is 18.2 Å². The second-order valence-electron chi connectivity index (χ2n) is 8.66. The molecular formula is C24H30O. The highest BCUT2D eigenvalue weighted by molar-refractivity contribution is 5.45. The number of aryl methyl sites for hydroxylation is 1. The Hall–Kier alpha value is -2.02. The maximum atomic E-state index is 6.20. The molecule has 132 valence electrons. The first-order valence-electron chi connectivity index (χ1n) is 9.24. The highest BCUT2D eigenvalue weighted by atomic mass is 16.5. The third-order valence-electron chi connectivity index (χ3n) is 5.70. The zero-order valence-corrected chi connectivity index (χ0v) is 16.2. The van der Waals surface area contributed by atoms with E-state index in [0.717, 1.165) is 5.75 Å². The Kier molecular flexibility index (Phi) is 4.53. The van der Waals surface area contributed by atoms with Crippen molar-refractivity contribution < 1.29 is 4.74 Å². The second kappa shape index (κ2) is 6.37. The molecule has 0 aliphatic heterocycles. The minimum absolute atomic E-state index is 0.131. The average Bonchev–Trinajstić information content (AvgIpc) is 2.58. The van der Waals surface area contributed by atoms with E-state index in [9.17, 15) is 0 Å². The Morgan fingerprint density at radius 2 is 1.52 bits per heavy atom. The third kappa shape index (κ3) is 3.51. The lowest BCUT2D eigenvalue weighted by atomic mass is 9.63. The number of ether oxygens (including phenoxy) is 1. The third-order valence-corrected chi connectivity index (χ3v) is 5.70. The van der Waals surface area contributed by atoms with Gasteiger partial charge in [0.25, 0.3) is 0 Å². The van der Waals surface area contributed by atoms with Crippen molar-refractivity contribution in [1.29, 1.82) is 0 Å². The van der Waals surface area contributed by atoms with Crippen molar-refractivity contribution in [3.8, 4) is 5.75 Å². The molecule has 25 heavy (non-hydrogen) atoms. The monoisotopic (exact) mass is 334 g/mol. The summed E-state index contributed by atoms with van der Waals surface area (Å²) in [6.45, 7) is 15.5. The van der Waals surface area contributed by atoms with E-state index in [1.165, 1.54) is 35.1 Å². The second-order valence-corrected chi connectivity index (χ2v) is 8.66. The Bertz CT molecular complexity index is 765. The van der Waals surface area contributed by atoms with Crippen LogP contribution >= 0.6 is 0 Å². The Morgan fingerprint density at radius 3 is 2.12 bits per heavy atom. The van der Waals surface area contributed by atoms with Crippen LogP contribution in [0, 0.1) is 6.92 Å². The molecule has 1 aliphatic carbocycles. The molecule has 0 saturated heterocycles. The van der Waals surface area contributed by atoms with Gasteiger partial charge in [-0.05, 0) is 65.5 Å². The predicted molar refractivity (Wildman–Crippen MR) is 106 cm³/mol. The molecule has 2 aromatic carbocycles. The van der Waals surface area contributed by atoms with Crippen LogP contribution in [-0.4, -0.2) is 0 Å². The first kappa shape index (κ1) is 17.8. The number of hydrogen-bond donors (Lipinski definition) is 0. The molecule has 0 saturated carbocycles. The van der Waals surface area contributed by atoms with Crippen LogP contribution in [0.15, 0.2) is 55.1 Å². The summed E-state index contributed by atoms with van der Waals surface area (Å²) in [7, 11) is 0. The molecule has 0 spiro atoms. The van der Waals surface area contributed by atoms with Crippen molar-refractivity contribution >= 4 is 0 Å². The molecule has 0 aromatic heterocycles. The van der Waals surface area contributed by atoms with Crippen LogP contribution in [0.3, 0.4) is 0 Å². The van der Waals surface area contributed by atoms with E-state index in [-0.39, 0.29) is 16.9 Å².